The Kier molecular flexibility index (Phi) is 6.56. The molecule has 1 aliphatic heterocycles. The van der Waals surface area contributed by atoms with Gasteiger partial charge in [-0.15, -0.1) is 0 Å². The molecule has 1 amide bonds. The summed E-state index contributed by atoms with van der Waals surface area (Å²) in [5.74, 6) is 0.992. The van der Waals surface area contributed by atoms with Gasteiger partial charge in [-0.05, 0) is 38.1 Å². The van der Waals surface area contributed by atoms with Crippen molar-refractivity contribution in [3.8, 4) is 0 Å². The molecule has 3 nitrogen and oxygen atoms in total. The van der Waals surface area contributed by atoms with Gasteiger partial charge in [-0.25, -0.2) is 0 Å². The molecule has 1 heterocycles. The summed E-state index contributed by atoms with van der Waals surface area (Å²) in [5, 5.41) is 0. The number of likely N-dealkylation sites (tertiary alicyclic amines) is 1. The molecule has 1 aliphatic rings. The second-order valence-electron chi connectivity index (χ2n) is 5.61. The topological polar surface area (TPSA) is 46.3 Å². The van der Waals surface area contributed by atoms with Crippen LogP contribution in [-0.2, 0) is 4.79 Å². The van der Waals surface area contributed by atoms with Crippen molar-refractivity contribution in [3.05, 3.63) is 0 Å². The lowest BCUT2D eigenvalue weighted by Crippen LogP contribution is -2.40. The SMILES string of the molecule is CC(C)CC1CCCCCN1C(=O)CCCN. The maximum Gasteiger partial charge on any atom is 0.222 e. The van der Waals surface area contributed by atoms with Crippen molar-refractivity contribution < 1.29 is 4.79 Å². The van der Waals surface area contributed by atoms with Crippen LogP contribution in [0.4, 0.5) is 0 Å². The van der Waals surface area contributed by atoms with Crippen LogP contribution in [0.5, 0.6) is 0 Å². The summed E-state index contributed by atoms with van der Waals surface area (Å²) in [6.07, 6.45) is 7.51. The Morgan fingerprint density at radius 2 is 2.12 bits per heavy atom. The third-order valence-electron chi connectivity index (χ3n) is 3.54. The summed E-state index contributed by atoms with van der Waals surface area (Å²) in [6.45, 7) is 6.07. The highest BCUT2D eigenvalue weighted by Crippen LogP contribution is 2.23. The number of carbonyl (C=O) groups is 1. The van der Waals surface area contributed by atoms with E-state index in [0.29, 0.717) is 30.8 Å². The second kappa shape index (κ2) is 7.70. The van der Waals surface area contributed by atoms with E-state index in [0.717, 1.165) is 19.4 Å². The number of hydrogen-bond donors (Lipinski definition) is 1. The zero-order chi connectivity index (χ0) is 12.7. The van der Waals surface area contributed by atoms with Crippen molar-refractivity contribution in [2.75, 3.05) is 13.1 Å². The molecule has 1 rings (SSSR count). The molecule has 0 saturated carbocycles. The monoisotopic (exact) mass is 240 g/mol. The smallest absolute Gasteiger partial charge is 0.222 e. The van der Waals surface area contributed by atoms with Crippen LogP contribution in [0, 0.1) is 5.92 Å². The van der Waals surface area contributed by atoms with Gasteiger partial charge in [0.1, 0.15) is 0 Å². The Bertz CT molecular complexity index is 228. The number of amides is 1. The quantitative estimate of drug-likeness (QED) is 0.802. The zero-order valence-corrected chi connectivity index (χ0v) is 11.5. The molecule has 1 unspecified atom stereocenters. The van der Waals surface area contributed by atoms with E-state index >= 15 is 0 Å². The molecule has 17 heavy (non-hydrogen) atoms. The lowest BCUT2D eigenvalue weighted by molar-refractivity contribution is -0.133. The van der Waals surface area contributed by atoms with Crippen LogP contribution in [-0.4, -0.2) is 29.9 Å². The molecular formula is C14H28N2O. The highest BCUT2D eigenvalue weighted by molar-refractivity contribution is 5.76. The minimum absolute atomic E-state index is 0.322. The fourth-order valence-corrected chi connectivity index (χ4v) is 2.69. The van der Waals surface area contributed by atoms with Gasteiger partial charge in [0.15, 0.2) is 0 Å². The highest BCUT2D eigenvalue weighted by Gasteiger charge is 2.25. The van der Waals surface area contributed by atoms with Crippen molar-refractivity contribution >= 4 is 5.91 Å². The molecular weight excluding hydrogens is 212 g/mol. The van der Waals surface area contributed by atoms with Crippen LogP contribution in [0.15, 0.2) is 0 Å². The van der Waals surface area contributed by atoms with Crippen LogP contribution in [0.3, 0.4) is 0 Å². The standard InChI is InChI=1S/C14H28N2O/c1-12(2)11-13-7-4-3-5-10-16(13)14(17)8-6-9-15/h12-13H,3-11,15H2,1-2H3. The van der Waals surface area contributed by atoms with Crippen molar-refractivity contribution in [3.63, 3.8) is 0 Å². The predicted octanol–water partition coefficient (Wildman–Crippen LogP) is 2.54. The Morgan fingerprint density at radius 3 is 2.76 bits per heavy atom. The minimum Gasteiger partial charge on any atom is -0.340 e. The lowest BCUT2D eigenvalue weighted by atomic mass is 9.98. The van der Waals surface area contributed by atoms with Gasteiger partial charge < -0.3 is 10.6 Å². The number of rotatable bonds is 5. The average molecular weight is 240 g/mol. The van der Waals surface area contributed by atoms with E-state index in [2.05, 4.69) is 18.7 Å². The van der Waals surface area contributed by atoms with E-state index in [4.69, 9.17) is 5.73 Å². The van der Waals surface area contributed by atoms with Gasteiger partial charge >= 0.3 is 0 Å². The summed E-state index contributed by atoms with van der Waals surface area (Å²) in [6, 6.07) is 0.475. The largest absolute Gasteiger partial charge is 0.340 e. The highest BCUT2D eigenvalue weighted by atomic mass is 16.2. The van der Waals surface area contributed by atoms with Gasteiger partial charge in [0, 0.05) is 19.0 Å². The molecule has 0 aromatic carbocycles. The lowest BCUT2D eigenvalue weighted by Gasteiger charge is -2.31. The van der Waals surface area contributed by atoms with E-state index in [1.807, 2.05) is 0 Å². The Balaban J connectivity index is 2.57. The summed E-state index contributed by atoms with van der Waals surface area (Å²) in [7, 11) is 0. The number of nitrogens with zero attached hydrogens (tertiary/aromatic N) is 1. The molecule has 3 heteroatoms. The Labute approximate surface area is 106 Å². The maximum absolute atomic E-state index is 12.2. The number of hydrogen-bond acceptors (Lipinski definition) is 2. The number of nitrogens with two attached hydrogens (primary N) is 1. The van der Waals surface area contributed by atoms with E-state index in [-0.39, 0.29) is 0 Å². The van der Waals surface area contributed by atoms with Gasteiger partial charge in [-0.2, -0.15) is 0 Å². The van der Waals surface area contributed by atoms with Crippen LogP contribution >= 0.6 is 0 Å². The Morgan fingerprint density at radius 1 is 1.35 bits per heavy atom. The average Bonchev–Trinajstić information content (AvgIpc) is 2.50. The third-order valence-corrected chi connectivity index (χ3v) is 3.54. The zero-order valence-electron chi connectivity index (χ0n) is 11.5. The van der Waals surface area contributed by atoms with Gasteiger partial charge in [-0.3, -0.25) is 4.79 Å². The molecule has 1 saturated heterocycles. The second-order valence-corrected chi connectivity index (χ2v) is 5.61. The molecule has 0 aromatic rings. The molecule has 0 radical (unpaired) electrons. The fraction of sp³-hybridized carbons (Fsp3) is 0.929. The Hall–Kier alpha value is -0.570. The normalized spacial score (nSPS) is 21.6. The third kappa shape index (κ3) is 5.07. The van der Waals surface area contributed by atoms with Crippen LogP contribution in [0.1, 0.15) is 58.8 Å². The van der Waals surface area contributed by atoms with Gasteiger partial charge in [-0.1, -0.05) is 26.7 Å². The molecule has 2 N–H and O–H groups in total. The van der Waals surface area contributed by atoms with E-state index in [1.165, 1.54) is 25.7 Å². The van der Waals surface area contributed by atoms with Crippen molar-refractivity contribution in [1.82, 2.24) is 4.90 Å². The van der Waals surface area contributed by atoms with Gasteiger partial charge in [0.05, 0.1) is 0 Å². The van der Waals surface area contributed by atoms with Crippen LogP contribution < -0.4 is 5.73 Å². The van der Waals surface area contributed by atoms with Gasteiger partial charge in [0.2, 0.25) is 5.91 Å². The van der Waals surface area contributed by atoms with Crippen LogP contribution in [0.2, 0.25) is 0 Å². The molecule has 0 aromatic heterocycles. The van der Waals surface area contributed by atoms with Crippen molar-refractivity contribution in [2.24, 2.45) is 11.7 Å². The molecule has 100 valence electrons. The summed E-state index contributed by atoms with van der Waals surface area (Å²) in [5.41, 5.74) is 5.48. The summed E-state index contributed by atoms with van der Waals surface area (Å²) < 4.78 is 0. The van der Waals surface area contributed by atoms with E-state index < -0.39 is 0 Å². The first kappa shape index (κ1) is 14.5. The number of carbonyl (C=O) groups excluding carboxylic acids is 1. The van der Waals surface area contributed by atoms with Gasteiger partial charge in [0.25, 0.3) is 0 Å². The summed E-state index contributed by atoms with van der Waals surface area (Å²) in [4.78, 5) is 14.3. The van der Waals surface area contributed by atoms with E-state index in [1.54, 1.807) is 0 Å². The van der Waals surface area contributed by atoms with Crippen LogP contribution in [0.25, 0.3) is 0 Å². The molecule has 0 spiro atoms. The van der Waals surface area contributed by atoms with Crippen molar-refractivity contribution in [1.29, 1.82) is 0 Å². The first-order valence-electron chi connectivity index (χ1n) is 7.14. The molecule has 1 fully saturated rings. The van der Waals surface area contributed by atoms with E-state index in [9.17, 15) is 4.79 Å². The molecule has 1 atom stereocenters. The maximum atomic E-state index is 12.2. The first-order chi connectivity index (χ1) is 8.15. The van der Waals surface area contributed by atoms with Crippen molar-refractivity contribution in [2.45, 2.75) is 64.8 Å². The minimum atomic E-state index is 0.322. The predicted molar refractivity (Wildman–Crippen MR) is 71.7 cm³/mol. The summed E-state index contributed by atoms with van der Waals surface area (Å²) >= 11 is 0. The molecule has 0 aliphatic carbocycles. The fourth-order valence-electron chi connectivity index (χ4n) is 2.69. The first-order valence-corrected chi connectivity index (χ1v) is 7.14. The molecule has 0 bridgehead atoms.